The van der Waals surface area contributed by atoms with Crippen LogP contribution in [0.2, 0.25) is 5.02 Å². The maximum Gasteiger partial charge on any atom is 1.00 e. The molecule has 0 fully saturated rings. The number of halogens is 1. The summed E-state index contributed by atoms with van der Waals surface area (Å²) >= 11 is 5.79. The average molecular weight is 300 g/mol. The number of rotatable bonds is 2. The predicted molar refractivity (Wildman–Crippen MR) is 71.2 cm³/mol. The number of carbonyl (C=O) groups excluding carboxylic acids is 1. The average Bonchev–Trinajstić information content (AvgIpc) is 2.35. The summed E-state index contributed by atoms with van der Waals surface area (Å²) in [6.45, 7) is 1.57. The van der Waals surface area contributed by atoms with Gasteiger partial charge in [-0.25, -0.2) is 0 Å². The number of nitrogens with zero attached hydrogens (tertiary/aromatic N) is 1. The van der Waals surface area contributed by atoms with E-state index in [0.717, 1.165) is 0 Å². The van der Waals surface area contributed by atoms with Gasteiger partial charge < -0.3 is 14.5 Å². The minimum atomic E-state index is -1.46. The molecule has 0 bridgehead atoms. The van der Waals surface area contributed by atoms with E-state index in [1.165, 1.54) is 0 Å². The van der Waals surface area contributed by atoms with Crippen LogP contribution in [0.4, 0.5) is 0 Å². The fourth-order valence-electron chi connectivity index (χ4n) is 1.90. The fourth-order valence-corrected chi connectivity index (χ4v) is 2.03. The molecule has 0 N–H and O–H groups in total. The normalized spacial score (nSPS) is 9.95. The summed E-state index contributed by atoms with van der Waals surface area (Å²) < 4.78 is 1.59. The molecule has 98 valence electrons. The zero-order valence-electron chi connectivity index (χ0n) is 11.4. The van der Waals surface area contributed by atoms with Crippen molar-refractivity contribution >= 4 is 17.6 Å². The van der Waals surface area contributed by atoms with Crippen molar-refractivity contribution in [3.63, 3.8) is 0 Å². The van der Waals surface area contributed by atoms with Crippen molar-refractivity contribution in [3.05, 3.63) is 57.0 Å². The van der Waals surface area contributed by atoms with Crippen LogP contribution < -0.4 is 40.1 Å². The molecule has 2 aromatic rings. The van der Waals surface area contributed by atoms with Crippen LogP contribution in [0, 0.1) is 6.92 Å². The standard InChI is InChI=1S/C14H12ClNO3.Na/c1-8-12(14(18)19)13(17)11(7-16(8)2)9-3-5-10(15)6-4-9;/h3-7H,1-2H3,(H,18,19);/q;+1/p-1. The number of hydrogen-bond acceptors (Lipinski definition) is 3. The van der Waals surface area contributed by atoms with Crippen molar-refractivity contribution < 1.29 is 39.5 Å². The molecule has 0 saturated heterocycles. The predicted octanol–water partition coefficient (Wildman–Crippen LogP) is -1.62. The summed E-state index contributed by atoms with van der Waals surface area (Å²) in [4.78, 5) is 23.3. The van der Waals surface area contributed by atoms with Crippen LogP contribution in [0.3, 0.4) is 0 Å². The Bertz CT molecular complexity index is 708. The molecule has 0 amide bonds. The molecule has 0 aliphatic carbocycles. The third-order valence-electron chi connectivity index (χ3n) is 3.04. The van der Waals surface area contributed by atoms with Gasteiger partial charge in [0.15, 0.2) is 5.43 Å². The van der Waals surface area contributed by atoms with Gasteiger partial charge in [-0.3, -0.25) is 4.79 Å². The molecule has 0 unspecified atom stereocenters. The number of aryl methyl sites for hydroxylation is 1. The summed E-state index contributed by atoms with van der Waals surface area (Å²) in [5, 5.41) is 11.6. The number of carbonyl (C=O) groups is 1. The first-order chi connectivity index (χ1) is 8.91. The van der Waals surface area contributed by atoms with Crippen LogP contribution in [0.25, 0.3) is 11.1 Å². The van der Waals surface area contributed by atoms with Gasteiger partial charge in [0.05, 0.1) is 11.5 Å². The van der Waals surface area contributed by atoms with Gasteiger partial charge in [-0.1, -0.05) is 23.7 Å². The SMILES string of the molecule is Cc1c(C(=O)[O-])c(=O)c(-c2ccc(Cl)cc2)cn1C.[Na+]. The van der Waals surface area contributed by atoms with E-state index in [2.05, 4.69) is 0 Å². The van der Waals surface area contributed by atoms with Crippen LogP contribution in [-0.2, 0) is 7.05 Å². The molecule has 0 saturated carbocycles. The largest absolute Gasteiger partial charge is 1.00 e. The molecule has 4 nitrogen and oxygen atoms in total. The van der Waals surface area contributed by atoms with E-state index >= 15 is 0 Å². The summed E-state index contributed by atoms with van der Waals surface area (Å²) in [5.41, 5.74) is 0.437. The molecular weight excluding hydrogens is 289 g/mol. The number of benzene rings is 1. The quantitative estimate of drug-likeness (QED) is 0.626. The van der Waals surface area contributed by atoms with Gasteiger partial charge in [0, 0.05) is 29.5 Å². The van der Waals surface area contributed by atoms with Crippen LogP contribution >= 0.6 is 11.6 Å². The second-order valence-corrected chi connectivity index (χ2v) is 4.67. The van der Waals surface area contributed by atoms with E-state index in [1.807, 2.05) is 0 Å². The minimum Gasteiger partial charge on any atom is -0.545 e. The Morgan fingerprint density at radius 1 is 1.25 bits per heavy atom. The Labute approximate surface area is 143 Å². The molecule has 1 aromatic carbocycles. The molecule has 0 spiro atoms. The number of carboxylic acids is 1. The van der Waals surface area contributed by atoms with E-state index in [9.17, 15) is 14.7 Å². The number of aromatic nitrogens is 1. The van der Waals surface area contributed by atoms with Gasteiger partial charge in [0.1, 0.15) is 0 Å². The van der Waals surface area contributed by atoms with E-state index in [0.29, 0.717) is 21.8 Å². The van der Waals surface area contributed by atoms with Crippen LogP contribution in [0.5, 0.6) is 0 Å². The van der Waals surface area contributed by atoms with Crippen molar-refractivity contribution in [2.75, 3.05) is 0 Å². The molecule has 20 heavy (non-hydrogen) atoms. The number of pyridine rings is 1. The molecule has 0 aliphatic heterocycles. The van der Waals surface area contributed by atoms with Crippen LogP contribution in [-0.4, -0.2) is 10.5 Å². The molecular formula is C14H11ClNNaO3. The first-order valence-electron chi connectivity index (χ1n) is 5.59. The monoisotopic (exact) mass is 299 g/mol. The van der Waals surface area contributed by atoms with Crippen molar-refractivity contribution in [1.82, 2.24) is 4.57 Å². The van der Waals surface area contributed by atoms with Crippen molar-refractivity contribution in [1.29, 1.82) is 0 Å². The van der Waals surface area contributed by atoms with E-state index in [1.54, 1.807) is 49.0 Å². The molecule has 0 aliphatic rings. The first kappa shape index (κ1) is 17.0. The Hall–Kier alpha value is -1.07. The van der Waals surface area contributed by atoms with Gasteiger partial charge in [-0.2, -0.15) is 0 Å². The second kappa shape index (κ2) is 6.59. The Morgan fingerprint density at radius 2 is 1.80 bits per heavy atom. The Kier molecular flexibility index (Phi) is 5.59. The van der Waals surface area contributed by atoms with E-state index in [4.69, 9.17) is 11.6 Å². The molecule has 1 aromatic heterocycles. The minimum absolute atomic E-state index is 0. The van der Waals surface area contributed by atoms with E-state index < -0.39 is 11.4 Å². The van der Waals surface area contributed by atoms with Gasteiger partial charge in [0.2, 0.25) is 0 Å². The summed E-state index contributed by atoms with van der Waals surface area (Å²) in [6, 6.07) is 6.64. The maximum atomic E-state index is 12.2. The van der Waals surface area contributed by atoms with E-state index in [-0.39, 0.29) is 35.1 Å². The van der Waals surface area contributed by atoms with Crippen molar-refractivity contribution in [3.8, 4) is 11.1 Å². The first-order valence-corrected chi connectivity index (χ1v) is 5.97. The van der Waals surface area contributed by atoms with Crippen molar-refractivity contribution in [2.24, 2.45) is 7.05 Å². The Balaban J connectivity index is 0.00000200. The molecule has 0 radical (unpaired) electrons. The molecule has 1 heterocycles. The zero-order chi connectivity index (χ0) is 14.2. The number of aromatic carboxylic acids is 1. The third-order valence-corrected chi connectivity index (χ3v) is 3.30. The zero-order valence-corrected chi connectivity index (χ0v) is 14.2. The Morgan fingerprint density at radius 3 is 2.30 bits per heavy atom. The number of carboxylic acid groups (broad SMARTS) is 1. The topological polar surface area (TPSA) is 62.1 Å². The third kappa shape index (κ3) is 3.15. The summed E-state index contributed by atoms with van der Waals surface area (Å²) in [7, 11) is 1.68. The summed E-state index contributed by atoms with van der Waals surface area (Å²) in [5.74, 6) is -1.46. The van der Waals surface area contributed by atoms with Gasteiger partial charge in [-0.05, 0) is 24.6 Å². The van der Waals surface area contributed by atoms with Gasteiger partial charge in [0.25, 0.3) is 0 Å². The smallest absolute Gasteiger partial charge is 0.545 e. The van der Waals surface area contributed by atoms with Gasteiger partial charge in [-0.15, -0.1) is 0 Å². The van der Waals surface area contributed by atoms with Gasteiger partial charge >= 0.3 is 29.6 Å². The molecule has 2 rings (SSSR count). The maximum absolute atomic E-state index is 12.2. The molecule has 0 atom stereocenters. The van der Waals surface area contributed by atoms with Crippen LogP contribution in [0.1, 0.15) is 16.1 Å². The van der Waals surface area contributed by atoms with Crippen molar-refractivity contribution in [2.45, 2.75) is 6.92 Å². The summed E-state index contributed by atoms with van der Waals surface area (Å²) in [6.07, 6.45) is 1.60. The second-order valence-electron chi connectivity index (χ2n) is 4.24. The van der Waals surface area contributed by atoms with Crippen LogP contribution in [0.15, 0.2) is 35.3 Å². The molecule has 6 heteroatoms. The number of hydrogen-bond donors (Lipinski definition) is 0. The fraction of sp³-hybridized carbons (Fsp3) is 0.143.